The molecule has 2 saturated heterocycles. The van der Waals surface area contributed by atoms with Crippen LogP contribution < -0.4 is 5.32 Å². The fraction of sp³-hybridized carbons (Fsp3) is 0.917. The van der Waals surface area contributed by atoms with Crippen molar-refractivity contribution < 1.29 is 4.79 Å². The summed E-state index contributed by atoms with van der Waals surface area (Å²) in [6, 6.07) is 0.992. The highest BCUT2D eigenvalue weighted by Gasteiger charge is 2.34. The Morgan fingerprint density at radius 3 is 2.81 bits per heavy atom. The quantitative estimate of drug-likeness (QED) is 0.813. The maximum Gasteiger partial charge on any atom is 0.240 e. The summed E-state index contributed by atoms with van der Waals surface area (Å²) in [6.45, 7) is 5.11. The number of nitrogens with zero attached hydrogens (tertiary/aromatic N) is 1. The molecule has 0 radical (unpaired) electrons. The Morgan fingerprint density at radius 2 is 2.25 bits per heavy atom. The van der Waals surface area contributed by atoms with Crippen LogP contribution in [0.4, 0.5) is 0 Å². The standard InChI is InChI=1S/C12H22N2OS/c1-9(2)14-6-5-11(12(14)15)13-10-4-3-7-16-8-10/h9-11,13H,3-8H2,1-2H3. The molecule has 0 aromatic rings. The van der Waals surface area contributed by atoms with Crippen LogP contribution in [0.3, 0.4) is 0 Å². The molecule has 2 aliphatic heterocycles. The molecule has 1 N–H and O–H groups in total. The van der Waals surface area contributed by atoms with Crippen LogP contribution in [0.1, 0.15) is 33.1 Å². The molecule has 0 aliphatic carbocycles. The van der Waals surface area contributed by atoms with E-state index < -0.39 is 0 Å². The van der Waals surface area contributed by atoms with Crippen molar-refractivity contribution in [2.45, 2.75) is 51.2 Å². The zero-order valence-corrected chi connectivity index (χ0v) is 11.1. The Bertz CT molecular complexity index is 251. The van der Waals surface area contributed by atoms with E-state index in [4.69, 9.17) is 0 Å². The minimum atomic E-state index is 0.0890. The summed E-state index contributed by atoms with van der Waals surface area (Å²) in [5, 5.41) is 3.54. The summed E-state index contributed by atoms with van der Waals surface area (Å²) >= 11 is 2.01. The highest BCUT2D eigenvalue weighted by molar-refractivity contribution is 7.99. The molecule has 2 aliphatic rings. The van der Waals surface area contributed by atoms with Gasteiger partial charge in [0.25, 0.3) is 0 Å². The lowest BCUT2D eigenvalue weighted by molar-refractivity contribution is -0.130. The summed E-state index contributed by atoms with van der Waals surface area (Å²) < 4.78 is 0. The van der Waals surface area contributed by atoms with E-state index in [0.717, 1.165) is 13.0 Å². The first-order valence-corrected chi connectivity index (χ1v) is 7.48. The van der Waals surface area contributed by atoms with Crippen molar-refractivity contribution in [1.82, 2.24) is 10.2 Å². The molecule has 16 heavy (non-hydrogen) atoms. The number of hydrogen-bond donors (Lipinski definition) is 1. The molecule has 2 fully saturated rings. The van der Waals surface area contributed by atoms with E-state index in [-0.39, 0.29) is 6.04 Å². The Labute approximate surface area is 102 Å². The Kier molecular flexibility index (Phi) is 4.14. The van der Waals surface area contributed by atoms with Crippen LogP contribution in [-0.2, 0) is 4.79 Å². The van der Waals surface area contributed by atoms with E-state index in [1.165, 1.54) is 24.3 Å². The van der Waals surface area contributed by atoms with Crippen LogP contribution in [-0.4, -0.2) is 47.0 Å². The second-order valence-corrected chi connectivity index (χ2v) is 6.20. The minimum absolute atomic E-state index is 0.0890. The van der Waals surface area contributed by atoms with Crippen molar-refractivity contribution in [3.8, 4) is 0 Å². The fourth-order valence-corrected chi connectivity index (χ4v) is 3.61. The van der Waals surface area contributed by atoms with Gasteiger partial charge in [-0.05, 0) is 38.9 Å². The minimum Gasteiger partial charge on any atom is -0.339 e. The average Bonchev–Trinajstić information content (AvgIpc) is 2.62. The van der Waals surface area contributed by atoms with Gasteiger partial charge in [0, 0.05) is 24.4 Å². The molecular weight excluding hydrogens is 220 g/mol. The predicted molar refractivity (Wildman–Crippen MR) is 68.7 cm³/mol. The molecule has 2 unspecified atom stereocenters. The van der Waals surface area contributed by atoms with Crippen molar-refractivity contribution in [3.63, 3.8) is 0 Å². The normalized spacial score (nSPS) is 31.4. The Balaban J connectivity index is 1.84. The van der Waals surface area contributed by atoms with Gasteiger partial charge in [-0.2, -0.15) is 11.8 Å². The van der Waals surface area contributed by atoms with E-state index >= 15 is 0 Å². The van der Waals surface area contributed by atoms with Crippen LogP contribution in [0.15, 0.2) is 0 Å². The molecule has 2 heterocycles. The summed E-state index contributed by atoms with van der Waals surface area (Å²) in [7, 11) is 0. The van der Waals surface area contributed by atoms with Gasteiger partial charge in [-0.25, -0.2) is 0 Å². The smallest absolute Gasteiger partial charge is 0.240 e. The van der Waals surface area contributed by atoms with Crippen LogP contribution in [0.5, 0.6) is 0 Å². The number of carbonyl (C=O) groups excluding carboxylic acids is 1. The van der Waals surface area contributed by atoms with Gasteiger partial charge in [0.2, 0.25) is 5.91 Å². The van der Waals surface area contributed by atoms with Crippen LogP contribution in [0.2, 0.25) is 0 Å². The van der Waals surface area contributed by atoms with Gasteiger partial charge in [-0.1, -0.05) is 0 Å². The summed E-state index contributed by atoms with van der Waals surface area (Å²) in [5.74, 6) is 2.77. The van der Waals surface area contributed by atoms with E-state index in [1.54, 1.807) is 0 Å². The number of hydrogen-bond acceptors (Lipinski definition) is 3. The third kappa shape index (κ3) is 2.72. The van der Waals surface area contributed by atoms with Crippen LogP contribution in [0, 0.1) is 0 Å². The zero-order chi connectivity index (χ0) is 11.5. The number of nitrogens with one attached hydrogen (secondary N) is 1. The molecule has 92 valence electrons. The predicted octanol–water partition coefficient (Wildman–Crippen LogP) is 1.48. The lowest BCUT2D eigenvalue weighted by Crippen LogP contribution is -2.46. The van der Waals surface area contributed by atoms with Gasteiger partial charge in [-0.3, -0.25) is 4.79 Å². The monoisotopic (exact) mass is 242 g/mol. The molecule has 1 amide bonds. The highest BCUT2D eigenvalue weighted by atomic mass is 32.2. The number of amides is 1. The van der Waals surface area contributed by atoms with Crippen LogP contribution in [0.25, 0.3) is 0 Å². The molecule has 0 spiro atoms. The van der Waals surface area contributed by atoms with Gasteiger partial charge in [0.1, 0.15) is 0 Å². The molecule has 2 rings (SSSR count). The van der Waals surface area contributed by atoms with Gasteiger partial charge in [0.05, 0.1) is 6.04 Å². The van der Waals surface area contributed by atoms with E-state index in [1.807, 2.05) is 16.7 Å². The van der Waals surface area contributed by atoms with E-state index in [0.29, 0.717) is 18.0 Å². The topological polar surface area (TPSA) is 32.3 Å². The first-order chi connectivity index (χ1) is 7.68. The molecule has 0 aromatic heterocycles. The van der Waals surface area contributed by atoms with Gasteiger partial charge >= 0.3 is 0 Å². The molecule has 0 bridgehead atoms. The summed E-state index contributed by atoms with van der Waals surface area (Å²) in [4.78, 5) is 14.1. The zero-order valence-electron chi connectivity index (χ0n) is 10.2. The van der Waals surface area contributed by atoms with Crippen molar-refractivity contribution >= 4 is 17.7 Å². The number of thioether (sulfide) groups is 1. The largest absolute Gasteiger partial charge is 0.339 e. The van der Waals surface area contributed by atoms with E-state index in [9.17, 15) is 4.79 Å². The van der Waals surface area contributed by atoms with E-state index in [2.05, 4.69) is 19.2 Å². The second kappa shape index (κ2) is 5.41. The van der Waals surface area contributed by atoms with Crippen LogP contribution >= 0.6 is 11.8 Å². The molecule has 0 saturated carbocycles. The van der Waals surface area contributed by atoms with Crippen molar-refractivity contribution in [1.29, 1.82) is 0 Å². The first kappa shape index (κ1) is 12.2. The van der Waals surface area contributed by atoms with Crippen molar-refractivity contribution in [3.05, 3.63) is 0 Å². The number of rotatable bonds is 3. The van der Waals surface area contributed by atoms with Crippen molar-refractivity contribution in [2.75, 3.05) is 18.1 Å². The maximum atomic E-state index is 12.1. The third-order valence-electron chi connectivity index (χ3n) is 3.46. The Morgan fingerprint density at radius 1 is 1.44 bits per heavy atom. The maximum absolute atomic E-state index is 12.1. The second-order valence-electron chi connectivity index (χ2n) is 5.05. The summed E-state index contributed by atoms with van der Waals surface area (Å²) in [5.41, 5.74) is 0. The highest BCUT2D eigenvalue weighted by Crippen LogP contribution is 2.20. The van der Waals surface area contributed by atoms with Gasteiger partial charge in [-0.15, -0.1) is 0 Å². The number of carbonyl (C=O) groups is 1. The molecular formula is C12H22N2OS. The molecule has 2 atom stereocenters. The summed E-state index contributed by atoms with van der Waals surface area (Å²) in [6.07, 6.45) is 3.51. The third-order valence-corrected chi connectivity index (χ3v) is 4.68. The fourth-order valence-electron chi connectivity index (χ4n) is 2.53. The van der Waals surface area contributed by atoms with Crippen molar-refractivity contribution in [2.24, 2.45) is 0 Å². The first-order valence-electron chi connectivity index (χ1n) is 6.32. The molecule has 0 aromatic carbocycles. The average molecular weight is 242 g/mol. The SMILES string of the molecule is CC(C)N1CCC(NC2CCCSC2)C1=O. The molecule has 4 heteroatoms. The Hall–Kier alpha value is -0.220. The van der Waals surface area contributed by atoms with Gasteiger partial charge < -0.3 is 10.2 Å². The lowest BCUT2D eigenvalue weighted by atomic mass is 10.1. The number of likely N-dealkylation sites (tertiary alicyclic amines) is 1. The molecule has 3 nitrogen and oxygen atoms in total. The van der Waals surface area contributed by atoms with Gasteiger partial charge in [0.15, 0.2) is 0 Å². The lowest BCUT2D eigenvalue weighted by Gasteiger charge is -2.26.